The van der Waals surface area contributed by atoms with Crippen LogP contribution in [0.3, 0.4) is 0 Å². The van der Waals surface area contributed by atoms with E-state index in [0.717, 1.165) is 28.0 Å². The van der Waals surface area contributed by atoms with E-state index in [1.165, 1.54) is 26.2 Å². The zero-order valence-corrected chi connectivity index (χ0v) is 15.5. The van der Waals surface area contributed by atoms with Crippen LogP contribution in [0.25, 0.3) is 11.4 Å². The number of hydrazine groups is 1. The van der Waals surface area contributed by atoms with E-state index in [0.29, 0.717) is 0 Å². The molecule has 0 unspecified atom stereocenters. The molecule has 0 fully saturated rings. The quantitative estimate of drug-likeness (QED) is 0.646. The Bertz CT molecular complexity index is 1080. The molecule has 28 heavy (non-hydrogen) atoms. The number of halogens is 3. The Morgan fingerprint density at radius 3 is 2.36 bits per heavy atom. The molecule has 1 N–H and O–H groups in total. The largest absolute Gasteiger partial charge is 0.416 e. The molecule has 3 aromatic rings. The van der Waals surface area contributed by atoms with Crippen molar-refractivity contribution in [2.75, 3.05) is 12.1 Å². The van der Waals surface area contributed by atoms with Crippen LogP contribution in [-0.2, 0) is 23.2 Å². The van der Waals surface area contributed by atoms with Crippen molar-refractivity contribution in [2.24, 2.45) is 7.05 Å². The van der Waals surface area contributed by atoms with E-state index < -0.39 is 21.8 Å². The van der Waals surface area contributed by atoms with Crippen molar-refractivity contribution in [1.82, 2.24) is 25.0 Å². The molecule has 8 nitrogen and oxygen atoms in total. The van der Waals surface area contributed by atoms with Gasteiger partial charge in [0.1, 0.15) is 0 Å². The number of aromatic nitrogens is 4. The Balaban J connectivity index is 2.03. The van der Waals surface area contributed by atoms with E-state index in [4.69, 9.17) is 0 Å². The lowest BCUT2D eigenvalue weighted by Gasteiger charge is -2.23. The topological polar surface area (TPSA) is 93.0 Å². The monoisotopic (exact) mass is 412 g/mol. The number of benzene rings is 2. The first kappa shape index (κ1) is 19.8. The van der Waals surface area contributed by atoms with Crippen LogP contribution in [0.4, 0.5) is 18.9 Å². The van der Waals surface area contributed by atoms with Gasteiger partial charge in [0, 0.05) is 12.6 Å². The maximum absolute atomic E-state index is 13.1. The third kappa shape index (κ3) is 4.12. The first-order valence-corrected chi connectivity index (χ1v) is 9.33. The van der Waals surface area contributed by atoms with Crippen LogP contribution >= 0.6 is 0 Å². The maximum atomic E-state index is 13.1. The van der Waals surface area contributed by atoms with E-state index in [1.807, 2.05) is 0 Å². The molecule has 0 atom stereocenters. The van der Waals surface area contributed by atoms with Crippen molar-refractivity contribution in [1.29, 1.82) is 0 Å². The zero-order chi connectivity index (χ0) is 20.5. The Morgan fingerprint density at radius 2 is 1.79 bits per heavy atom. The second kappa shape index (κ2) is 7.20. The number of rotatable bonds is 5. The number of alkyl halides is 3. The Hall–Kier alpha value is -2.99. The van der Waals surface area contributed by atoms with Crippen LogP contribution in [0.1, 0.15) is 5.56 Å². The van der Waals surface area contributed by atoms with Gasteiger partial charge in [0.05, 0.1) is 23.2 Å². The highest BCUT2D eigenvalue weighted by molar-refractivity contribution is 7.89. The number of sulfonamides is 1. The molecular formula is C16H15F3N6O2S. The average Bonchev–Trinajstić information content (AvgIpc) is 3.07. The Kier molecular flexibility index (Phi) is 5.08. The van der Waals surface area contributed by atoms with Gasteiger partial charge < -0.3 is 0 Å². The zero-order valence-electron chi connectivity index (χ0n) is 14.7. The number of hydrogen-bond donors (Lipinski definition) is 1. The maximum Gasteiger partial charge on any atom is 0.416 e. The lowest BCUT2D eigenvalue weighted by atomic mass is 10.1. The minimum absolute atomic E-state index is 0.00735. The molecule has 0 saturated carbocycles. The summed E-state index contributed by atoms with van der Waals surface area (Å²) in [7, 11) is -1.12. The molecule has 3 rings (SSSR count). The lowest BCUT2D eigenvalue weighted by Crippen LogP contribution is -2.39. The van der Waals surface area contributed by atoms with Gasteiger partial charge in [-0.1, -0.05) is 18.2 Å². The van der Waals surface area contributed by atoms with E-state index in [9.17, 15) is 21.6 Å². The van der Waals surface area contributed by atoms with E-state index in [2.05, 4.69) is 20.2 Å². The molecule has 2 aromatic carbocycles. The minimum atomic E-state index is -4.59. The summed E-state index contributed by atoms with van der Waals surface area (Å²) >= 11 is 0. The normalized spacial score (nSPS) is 12.2. The fraction of sp³-hybridized carbons (Fsp3) is 0.188. The van der Waals surface area contributed by atoms with Crippen LogP contribution < -0.4 is 9.84 Å². The van der Waals surface area contributed by atoms with Gasteiger partial charge in [-0.3, -0.25) is 5.01 Å². The molecule has 0 aliphatic carbocycles. The minimum Gasteiger partial charge on any atom is -0.297 e. The van der Waals surface area contributed by atoms with Gasteiger partial charge in [-0.25, -0.2) is 8.42 Å². The third-order valence-corrected chi connectivity index (χ3v) is 5.15. The van der Waals surface area contributed by atoms with E-state index in [-0.39, 0.29) is 22.0 Å². The first-order valence-electron chi connectivity index (χ1n) is 7.85. The van der Waals surface area contributed by atoms with Gasteiger partial charge >= 0.3 is 6.18 Å². The van der Waals surface area contributed by atoms with Gasteiger partial charge in [-0.15, -0.1) is 15.0 Å². The highest BCUT2D eigenvalue weighted by Gasteiger charge is 2.32. The van der Waals surface area contributed by atoms with Crippen molar-refractivity contribution in [2.45, 2.75) is 11.1 Å². The van der Waals surface area contributed by atoms with Crippen LogP contribution in [0.5, 0.6) is 0 Å². The molecule has 0 bridgehead atoms. The predicted octanol–water partition coefficient (Wildman–Crippen LogP) is 2.23. The highest BCUT2D eigenvalue weighted by atomic mass is 32.2. The second-order valence-electron chi connectivity index (χ2n) is 5.80. The predicted molar refractivity (Wildman–Crippen MR) is 94.4 cm³/mol. The summed E-state index contributed by atoms with van der Waals surface area (Å²) in [5.41, 5.74) is -0.820. The number of nitrogens with zero attached hydrogens (tertiary/aromatic N) is 5. The molecule has 0 saturated heterocycles. The summed E-state index contributed by atoms with van der Waals surface area (Å²) < 4.78 is 64.4. The fourth-order valence-corrected chi connectivity index (χ4v) is 3.54. The summed E-state index contributed by atoms with van der Waals surface area (Å²) in [6.07, 6.45) is -4.59. The fourth-order valence-electron chi connectivity index (χ4n) is 2.46. The van der Waals surface area contributed by atoms with E-state index in [1.54, 1.807) is 18.2 Å². The molecule has 0 aliphatic heterocycles. The molecule has 0 radical (unpaired) electrons. The van der Waals surface area contributed by atoms with Crippen molar-refractivity contribution in [3.8, 4) is 11.4 Å². The van der Waals surface area contributed by atoms with Gasteiger partial charge in [0.2, 0.25) is 5.82 Å². The molecule has 0 aliphatic rings. The second-order valence-corrected chi connectivity index (χ2v) is 7.46. The summed E-state index contributed by atoms with van der Waals surface area (Å²) in [4.78, 5) is 3.40. The third-order valence-electron chi connectivity index (χ3n) is 3.75. The van der Waals surface area contributed by atoms with Crippen LogP contribution in [0, 0.1) is 0 Å². The summed E-state index contributed by atoms with van der Waals surface area (Å²) in [5, 5.41) is 12.4. The molecular weight excluding hydrogens is 397 g/mol. The number of hydrogen-bond acceptors (Lipinski definition) is 6. The van der Waals surface area contributed by atoms with Crippen molar-refractivity contribution < 1.29 is 21.6 Å². The SMILES string of the molecule is CN(NS(=O)(=O)c1ccccc1)c1ccc(C(F)(F)F)cc1-c1nnn(C)n1. The summed E-state index contributed by atoms with van der Waals surface area (Å²) in [6.45, 7) is 0. The standard InChI is InChI=1S/C16H15F3N6O2S/c1-24(23-28(26,27)12-6-4-3-5-7-12)14-9-8-11(16(17,18)19)10-13(14)15-20-22-25(2)21-15/h3-10,23H,1-2H3. The number of aryl methyl sites for hydroxylation is 1. The van der Waals surface area contributed by atoms with Gasteiger partial charge in [-0.05, 0) is 35.5 Å². The van der Waals surface area contributed by atoms with E-state index >= 15 is 0 Å². The average molecular weight is 412 g/mol. The molecule has 1 aromatic heterocycles. The Labute approximate surface area is 158 Å². The van der Waals surface area contributed by atoms with Crippen LogP contribution in [0.2, 0.25) is 0 Å². The van der Waals surface area contributed by atoms with Gasteiger partial charge in [0.15, 0.2) is 0 Å². The van der Waals surface area contributed by atoms with Crippen LogP contribution in [-0.4, -0.2) is 35.7 Å². The lowest BCUT2D eigenvalue weighted by molar-refractivity contribution is -0.137. The first-order chi connectivity index (χ1) is 13.1. The number of nitrogens with one attached hydrogen (secondary N) is 1. The molecule has 12 heteroatoms. The summed E-state index contributed by atoms with van der Waals surface area (Å²) in [5.74, 6) is -0.0747. The summed E-state index contributed by atoms with van der Waals surface area (Å²) in [6, 6.07) is 10.4. The van der Waals surface area contributed by atoms with Crippen LogP contribution in [0.15, 0.2) is 53.4 Å². The van der Waals surface area contributed by atoms with Gasteiger partial charge in [0.25, 0.3) is 10.0 Å². The van der Waals surface area contributed by atoms with Gasteiger partial charge in [-0.2, -0.15) is 18.0 Å². The van der Waals surface area contributed by atoms with Crippen molar-refractivity contribution in [3.05, 3.63) is 54.1 Å². The molecule has 0 spiro atoms. The smallest absolute Gasteiger partial charge is 0.297 e. The molecule has 148 valence electrons. The highest BCUT2D eigenvalue weighted by Crippen LogP contribution is 2.35. The molecule has 1 heterocycles. The van der Waals surface area contributed by atoms with Crippen molar-refractivity contribution in [3.63, 3.8) is 0 Å². The van der Waals surface area contributed by atoms with Crippen molar-refractivity contribution >= 4 is 15.7 Å². The number of anilines is 1. The Morgan fingerprint density at radius 1 is 1.11 bits per heavy atom. The number of tetrazole rings is 1. The molecule has 0 amide bonds.